The third kappa shape index (κ3) is 6.32. The fraction of sp³-hybridized carbons (Fsp3) is 0.375. The molecule has 1 atom stereocenters. The summed E-state index contributed by atoms with van der Waals surface area (Å²) >= 11 is 0. The van der Waals surface area contributed by atoms with Gasteiger partial charge in [0, 0.05) is 37.4 Å². The Morgan fingerprint density at radius 2 is 1.56 bits per heavy atom. The molecule has 0 aliphatic carbocycles. The van der Waals surface area contributed by atoms with Crippen LogP contribution in [0.25, 0.3) is 11.1 Å². The SMILES string of the molecule is COC(=O)CC1c2ccccc2N=C(N2CCN(CCCN(C)C)CC2)N1c1ccc(-c2ccccc2)cc1. The Hall–Kier alpha value is -3.68. The molecule has 1 fully saturated rings. The number of fused-ring (bicyclic) bond motifs is 1. The number of anilines is 1. The minimum absolute atomic E-state index is 0.207. The number of rotatable bonds is 8. The van der Waals surface area contributed by atoms with Gasteiger partial charge in [-0.1, -0.05) is 60.7 Å². The first-order valence-electron chi connectivity index (χ1n) is 13.8. The van der Waals surface area contributed by atoms with Gasteiger partial charge in [0.25, 0.3) is 0 Å². The van der Waals surface area contributed by atoms with Crippen molar-refractivity contribution in [1.29, 1.82) is 0 Å². The number of hydrogen-bond acceptors (Lipinski definition) is 7. The molecule has 0 saturated carbocycles. The second-order valence-corrected chi connectivity index (χ2v) is 10.5. The van der Waals surface area contributed by atoms with Crippen LogP contribution in [-0.2, 0) is 9.53 Å². The maximum atomic E-state index is 12.7. The quantitative estimate of drug-likeness (QED) is 0.385. The van der Waals surface area contributed by atoms with Crippen LogP contribution in [0.5, 0.6) is 0 Å². The normalized spacial score (nSPS) is 17.6. The van der Waals surface area contributed by atoms with Crippen molar-refractivity contribution >= 4 is 23.3 Å². The lowest BCUT2D eigenvalue weighted by Gasteiger charge is -2.44. The van der Waals surface area contributed by atoms with E-state index in [1.807, 2.05) is 24.3 Å². The summed E-state index contributed by atoms with van der Waals surface area (Å²) in [6.45, 7) is 5.99. The number of guanidine groups is 1. The van der Waals surface area contributed by atoms with Crippen molar-refractivity contribution in [2.45, 2.75) is 18.9 Å². The highest BCUT2D eigenvalue weighted by Crippen LogP contribution is 2.41. The van der Waals surface area contributed by atoms with E-state index in [1.54, 1.807) is 0 Å². The van der Waals surface area contributed by atoms with Crippen LogP contribution in [-0.4, -0.2) is 87.1 Å². The standard InChI is InChI=1S/C32H39N5O2/c1-34(2)18-9-19-35-20-22-36(23-21-35)32-33-29-13-8-7-12-28(29)30(24-31(38)39-3)37(32)27-16-14-26(15-17-27)25-10-5-4-6-11-25/h4-8,10-17,30H,9,18-24H2,1-3H3. The van der Waals surface area contributed by atoms with E-state index in [-0.39, 0.29) is 18.4 Å². The summed E-state index contributed by atoms with van der Waals surface area (Å²) in [4.78, 5) is 27.3. The molecular formula is C32H39N5O2. The first-order chi connectivity index (χ1) is 19.0. The van der Waals surface area contributed by atoms with Crippen molar-refractivity contribution in [1.82, 2.24) is 14.7 Å². The molecule has 2 aliphatic heterocycles. The Labute approximate surface area is 232 Å². The van der Waals surface area contributed by atoms with Crippen molar-refractivity contribution in [3.63, 3.8) is 0 Å². The fourth-order valence-corrected chi connectivity index (χ4v) is 5.50. The van der Waals surface area contributed by atoms with E-state index < -0.39 is 0 Å². The number of hydrogen-bond donors (Lipinski definition) is 0. The molecule has 1 saturated heterocycles. The highest BCUT2D eigenvalue weighted by molar-refractivity contribution is 6.01. The van der Waals surface area contributed by atoms with Crippen LogP contribution >= 0.6 is 0 Å². The van der Waals surface area contributed by atoms with Crippen molar-refractivity contribution in [3.8, 4) is 11.1 Å². The summed E-state index contributed by atoms with van der Waals surface area (Å²) in [6.07, 6.45) is 1.42. The van der Waals surface area contributed by atoms with Gasteiger partial charge in [0.05, 0.1) is 25.3 Å². The lowest BCUT2D eigenvalue weighted by atomic mass is 9.97. The number of nitrogens with zero attached hydrogens (tertiary/aromatic N) is 5. The smallest absolute Gasteiger partial charge is 0.307 e. The predicted octanol–water partition coefficient (Wildman–Crippen LogP) is 5.03. The number of methoxy groups -OCH3 is 1. The second-order valence-electron chi connectivity index (χ2n) is 10.5. The highest BCUT2D eigenvalue weighted by Gasteiger charge is 2.36. The second kappa shape index (κ2) is 12.5. The summed E-state index contributed by atoms with van der Waals surface area (Å²) in [6, 6.07) is 27.0. The summed E-state index contributed by atoms with van der Waals surface area (Å²) in [5.41, 5.74) is 5.32. The summed E-state index contributed by atoms with van der Waals surface area (Å²) < 4.78 is 5.15. The maximum Gasteiger partial charge on any atom is 0.307 e. The molecule has 7 heteroatoms. The Balaban J connectivity index is 1.46. The molecular weight excluding hydrogens is 486 g/mol. The molecule has 0 radical (unpaired) electrons. The molecule has 1 unspecified atom stereocenters. The van der Waals surface area contributed by atoms with Gasteiger partial charge < -0.3 is 19.4 Å². The molecule has 0 bridgehead atoms. The van der Waals surface area contributed by atoms with Gasteiger partial charge in [-0.15, -0.1) is 0 Å². The van der Waals surface area contributed by atoms with Gasteiger partial charge in [-0.25, -0.2) is 4.99 Å². The molecule has 3 aromatic carbocycles. The van der Waals surface area contributed by atoms with Crippen molar-refractivity contribution in [3.05, 3.63) is 84.4 Å². The van der Waals surface area contributed by atoms with Crippen LogP contribution in [0.1, 0.15) is 24.4 Å². The molecule has 39 heavy (non-hydrogen) atoms. The third-order valence-corrected chi connectivity index (χ3v) is 7.62. The van der Waals surface area contributed by atoms with Crippen LogP contribution in [0.3, 0.4) is 0 Å². The van der Waals surface area contributed by atoms with Gasteiger partial charge in [0.2, 0.25) is 5.96 Å². The zero-order valence-corrected chi connectivity index (χ0v) is 23.3. The average molecular weight is 526 g/mol. The number of esters is 1. The maximum absolute atomic E-state index is 12.7. The molecule has 2 heterocycles. The van der Waals surface area contributed by atoms with Gasteiger partial charge in [0.15, 0.2) is 0 Å². The van der Waals surface area contributed by atoms with Gasteiger partial charge in [0.1, 0.15) is 0 Å². The van der Waals surface area contributed by atoms with E-state index in [0.717, 1.165) is 67.7 Å². The Bertz CT molecular complexity index is 1270. The van der Waals surface area contributed by atoms with Crippen LogP contribution in [0.2, 0.25) is 0 Å². The molecule has 5 rings (SSSR count). The fourth-order valence-electron chi connectivity index (χ4n) is 5.50. The zero-order valence-electron chi connectivity index (χ0n) is 23.3. The topological polar surface area (TPSA) is 51.6 Å². The van der Waals surface area contributed by atoms with Crippen LogP contribution < -0.4 is 4.90 Å². The van der Waals surface area contributed by atoms with E-state index in [0.29, 0.717) is 0 Å². The van der Waals surface area contributed by atoms with Gasteiger partial charge in [-0.3, -0.25) is 9.69 Å². The summed E-state index contributed by atoms with van der Waals surface area (Å²) in [5, 5.41) is 0. The van der Waals surface area contributed by atoms with Gasteiger partial charge in [-0.05, 0) is 62.9 Å². The number of benzene rings is 3. The van der Waals surface area contributed by atoms with E-state index in [1.165, 1.54) is 19.1 Å². The Kier molecular flexibility index (Phi) is 8.59. The molecule has 0 amide bonds. The number of para-hydroxylation sites is 1. The zero-order chi connectivity index (χ0) is 27.2. The Morgan fingerprint density at radius 3 is 2.26 bits per heavy atom. The molecule has 0 N–H and O–H groups in total. The van der Waals surface area contributed by atoms with Crippen molar-refractivity contribution in [2.75, 3.05) is 65.4 Å². The molecule has 7 nitrogen and oxygen atoms in total. The number of piperazine rings is 1. The van der Waals surface area contributed by atoms with E-state index in [9.17, 15) is 4.79 Å². The number of carbonyl (C=O) groups excluding carboxylic acids is 1. The summed E-state index contributed by atoms with van der Waals surface area (Å²) in [7, 11) is 5.71. The largest absolute Gasteiger partial charge is 0.469 e. The minimum Gasteiger partial charge on any atom is -0.469 e. The Morgan fingerprint density at radius 1 is 0.897 bits per heavy atom. The van der Waals surface area contributed by atoms with Crippen molar-refractivity contribution in [2.24, 2.45) is 4.99 Å². The lowest BCUT2D eigenvalue weighted by molar-refractivity contribution is -0.141. The number of aliphatic imine (C=N–C) groups is 1. The molecule has 0 aromatic heterocycles. The predicted molar refractivity (Wildman–Crippen MR) is 158 cm³/mol. The van der Waals surface area contributed by atoms with Gasteiger partial charge >= 0.3 is 5.97 Å². The number of carbonyl (C=O) groups is 1. The molecule has 204 valence electrons. The lowest BCUT2D eigenvalue weighted by Crippen LogP contribution is -2.55. The monoisotopic (exact) mass is 525 g/mol. The molecule has 2 aliphatic rings. The molecule has 0 spiro atoms. The summed E-state index contributed by atoms with van der Waals surface area (Å²) in [5.74, 6) is 0.677. The highest BCUT2D eigenvalue weighted by atomic mass is 16.5. The average Bonchev–Trinajstić information content (AvgIpc) is 2.97. The van der Waals surface area contributed by atoms with E-state index in [4.69, 9.17) is 9.73 Å². The van der Waals surface area contributed by atoms with Crippen molar-refractivity contribution < 1.29 is 9.53 Å². The first-order valence-corrected chi connectivity index (χ1v) is 13.8. The number of ether oxygens (including phenoxy) is 1. The minimum atomic E-state index is -0.229. The van der Waals surface area contributed by atoms with Crippen LogP contribution in [0, 0.1) is 0 Å². The molecule has 3 aromatic rings. The van der Waals surface area contributed by atoms with Crippen LogP contribution in [0.15, 0.2) is 83.9 Å². The first kappa shape index (κ1) is 26.9. The van der Waals surface area contributed by atoms with Gasteiger partial charge in [-0.2, -0.15) is 0 Å². The van der Waals surface area contributed by atoms with E-state index in [2.05, 4.69) is 88.3 Å². The van der Waals surface area contributed by atoms with Crippen LogP contribution in [0.4, 0.5) is 11.4 Å². The van der Waals surface area contributed by atoms with E-state index >= 15 is 0 Å². The third-order valence-electron chi connectivity index (χ3n) is 7.62.